The Balaban J connectivity index is 1.75. The Hall–Kier alpha value is -2.82. The van der Waals surface area contributed by atoms with Crippen LogP contribution in [0.3, 0.4) is 0 Å². The van der Waals surface area contributed by atoms with Crippen LogP contribution in [0.15, 0.2) is 48.5 Å². The first-order valence-corrected chi connectivity index (χ1v) is 8.73. The van der Waals surface area contributed by atoms with Crippen molar-refractivity contribution in [3.05, 3.63) is 59.7 Å². The van der Waals surface area contributed by atoms with Crippen LogP contribution in [-0.4, -0.2) is 27.6 Å². The summed E-state index contributed by atoms with van der Waals surface area (Å²) >= 11 is 0. The smallest absolute Gasteiger partial charge is 0.313 e. The van der Waals surface area contributed by atoms with Crippen molar-refractivity contribution in [1.82, 2.24) is 0 Å². The number of ether oxygens (including phenoxy) is 1. The first kappa shape index (κ1) is 18.0. The number of ketones is 1. The lowest BCUT2D eigenvalue weighted by atomic mass is 9.82. The summed E-state index contributed by atoms with van der Waals surface area (Å²) in [6.45, 7) is 0. The third-order valence-corrected chi connectivity index (χ3v) is 4.75. The molecule has 5 nitrogen and oxygen atoms in total. The minimum atomic E-state index is -0.844. The zero-order chi connectivity index (χ0) is 18.6. The molecule has 1 aliphatic rings. The van der Waals surface area contributed by atoms with Crippen LogP contribution >= 0.6 is 0 Å². The first-order valence-electron chi connectivity index (χ1n) is 8.73. The molecule has 0 spiro atoms. The van der Waals surface area contributed by atoms with E-state index in [1.807, 2.05) is 12.1 Å². The van der Waals surface area contributed by atoms with Crippen LogP contribution in [0.25, 0.3) is 0 Å². The summed E-state index contributed by atoms with van der Waals surface area (Å²) in [5, 5.41) is 19.2. The average Bonchev–Trinajstić information content (AvgIpc) is 2.58. The molecule has 2 aromatic carbocycles. The van der Waals surface area contributed by atoms with Crippen molar-refractivity contribution in [3.63, 3.8) is 0 Å². The van der Waals surface area contributed by atoms with Crippen molar-refractivity contribution in [2.24, 2.45) is 0 Å². The summed E-state index contributed by atoms with van der Waals surface area (Å²) in [6.07, 6.45) is 2.24. The summed E-state index contributed by atoms with van der Waals surface area (Å²) in [7, 11) is 0. The highest BCUT2D eigenvalue weighted by Gasteiger charge is 2.40. The maximum Gasteiger partial charge on any atom is 0.313 e. The predicted molar refractivity (Wildman–Crippen MR) is 95.9 cm³/mol. The monoisotopic (exact) mass is 354 g/mol. The number of esters is 1. The Bertz CT molecular complexity index is 744. The first-order chi connectivity index (χ1) is 12.4. The quantitative estimate of drug-likeness (QED) is 0.614. The van der Waals surface area contributed by atoms with E-state index < -0.39 is 11.6 Å². The van der Waals surface area contributed by atoms with Gasteiger partial charge in [-0.15, -0.1) is 0 Å². The zero-order valence-electron chi connectivity index (χ0n) is 14.5. The normalized spacial score (nSPS) is 16.3. The molecule has 1 heterocycles. The number of aryl methyl sites for hydroxylation is 2. The predicted octanol–water partition coefficient (Wildman–Crippen LogP) is 3.31. The number of hydrogen-bond acceptors (Lipinski definition) is 5. The molecule has 1 fully saturated rings. The number of hydrogen-bond donors (Lipinski definition) is 2. The second kappa shape index (κ2) is 7.60. The lowest BCUT2D eigenvalue weighted by Crippen LogP contribution is -2.43. The standard InChI is InChI=1S/C21H22O5/c22-17-5-1-3-15(11-17)7-9-21(14-19(24)13-20(25)26-21)10-8-16-4-2-6-18(23)12-16/h1-6,11-12,22-23H,7-10,13-14H2. The van der Waals surface area contributed by atoms with Crippen molar-refractivity contribution in [2.45, 2.75) is 44.1 Å². The van der Waals surface area contributed by atoms with Gasteiger partial charge in [0.15, 0.2) is 0 Å². The Morgan fingerprint density at radius 3 is 1.88 bits per heavy atom. The third-order valence-electron chi connectivity index (χ3n) is 4.75. The molecule has 2 N–H and O–H groups in total. The van der Waals surface area contributed by atoms with Gasteiger partial charge in [0.1, 0.15) is 29.3 Å². The van der Waals surface area contributed by atoms with Gasteiger partial charge in [0.2, 0.25) is 0 Å². The molecular formula is C21H22O5. The molecule has 0 saturated carbocycles. The number of aromatic hydroxyl groups is 2. The fourth-order valence-electron chi connectivity index (χ4n) is 3.47. The minimum Gasteiger partial charge on any atom is -0.508 e. The van der Waals surface area contributed by atoms with Crippen LogP contribution in [0.1, 0.15) is 36.8 Å². The van der Waals surface area contributed by atoms with E-state index >= 15 is 0 Å². The largest absolute Gasteiger partial charge is 0.508 e. The molecule has 2 aromatic rings. The van der Waals surface area contributed by atoms with Crippen LogP contribution in [0.2, 0.25) is 0 Å². The van der Waals surface area contributed by atoms with Crippen molar-refractivity contribution in [2.75, 3.05) is 0 Å². The Morgan fingerprint density at radius 2 is 1.42 bits per heavy atom. The highest BCUT2D eigenvalue weighted by molar-refractivity contribution is 5.98. The van der Waals surface area contributed by atoms with Gasteiger partial charge in [-0.1, -0.05) is 24.3 Å². The van der Waals surface area contributed by atoms with Crippen molar-refractivity contribution >= 4 is 11.8 Å². The van der Waals surface area contributed by atoms with Crippen LogP contribution in [0, 0.1) is 0 Å². The number of Topliss-reactive ketones (excluding diaryl/α,β-unsaturated/α-hetero) is 1. The molecule has 0 radical (unpaired) electrons. The summed E-state index contributed by atoms with van der Waals surface area (Å²) < 4.78 is 5.66. The van der Waals surface area contributed by atoms with Crippen LogP contribution < -0.4 is 0 Å². The van der Waals surface area contributed by atoms with E-state index in [-0.39, 0.29) is 30.1 Å². The van der Waals surface area contributed by atoms with E-state index in [2.05, 4.69) is 0 Å². The molecule has 5 heteroatoms. The van der Waals surface area contributed by atoms with Gasteiger partial charge in [0.05, 0.1) is 0 Å². The van der Waals surface area contributed by atoms with Crippen LogP contribution in [0.4, 0.5) is 0 Å². The fraction of sp³-hybridized carbons (Fsp3) is 0.333. The van der Waals surface area contributed by atoms with Crippen molar-refractivity contribution < 1.29 is 24.5 Å². The fourth-order valence-corrected chi connectivity index (χ4v) is 3.47. The summed E-state index contributed by atoms with van der Waals surface area (Å²) in [6, 6.07) is 13.9. The molecule has 0 atom stereocenters. The van der Waals surface area contributed by atoms with Gasteiger partial charge in [0.25, 0.3) is 0 Å². The Morgan fingerprint density at radius 1 is 0.885 bits per heavy atom. The van der Waals surface area contributed by atoms with Gasteiger partial charge in [-0.2, -0.15) is 0 Å². The van der Waals surface area contributed by atoms with Crippen molar-refractivity contribution in [3.8, 4) is 11.5 Å². The molecular weight excluding hydrogens is 332 g/mol. The number of cyclic esters (lactones) is 1. The second-order valence-corrected chi connectivity index (χ2v) is 6.89. The van der Waals surface area contributed by atoms with E-state index in [1.165, 1.54) is 0 Å². The number of carbonyl (C=O) groups is 2. The molecule has 1 saturated heterocycles. The minimum absolute atomic E-state index is 0.104. The van der Waals surface area contributed by atoms with E-state index in [1.54, 1.807) is 36.4 Å². The molecule has 0 bridgehead atoms. The lowest BCUT2D eigenvalue weighted by molar-refractivity contribution is -0.172. The number of benzene rings is 2. The van der Waals surface area contributed by atoms with Gasteiger partial charge >= 0.3 is 5.97 Å². The molecule has 0 amide bonds. The highest BCUT2D eigenvalue weighted by Crippen LogP contribution is 2.34. The average molecular weight is 354 g/mol. The Kier molecular flexibility index (Phi) is 5.26. The SMILES string of the molecule is O=C1CC(=O)OC(CCc2cccc(O)c2)(CCc2cccc(O)c2)C1. The van der Waals surface area contributed by atoms with Gasteiger partial charge in [-0.05, 0) is 61.1 Å². The van der Waals surface area contributed by atoms with Crippen LogP contribution in [-0.2, 0) is 27.2 Å². The van der Waals surface area contributed by atoms with Gasteiger partial charge in [-0.3, -0.25) is 9.59 Å². The van der Waals surface area contributed by atoms with Crippen LogP contribution in [0.5, 0.6) is 11.5 Å². The second-order valence-electron chi connectivity index (χ2n) is 6.89. The van der Waals surface area contributed by atoms with Gasteiger partial charge < -0.3 is 14.9 Å². The molecule has 0 aromatic heterocycles. The third kappa shape index (κ3) is 4.63. The maximum absolute atomic E-state index is 12.0. The van der Waals surface area contributed by atoms with E-state index in [9.17, 15) is 19.8 Å². The number of carbonyl (C=O) groups excluding carboxylic acids is 2. The number of phenols is 2. The molecule has 3 rings (SSSR count). The number of rotatable bonds is 6. The topological polar surface area (TPSA) is 83.8 Å². The summed E-state index contributed by atoms with van der Waals surface area (Å²) in [5.41, 5.74) is 1.01. The molecule has 1 aliphatic heterocycles. The van der Waals surface area contributed by atoms with Crippen molar-refractivity contribution in [1.29, 1.82) is 0 Å². The molecule has 0 unspecified atom stereocenters. The maximum atomic E-state index is 12.0. The molecule has 136 valence electrons. The number of phenolic OH excluding ortho intramolecular Hbond substituents is 2. The lowest BCUT2D eigenvalue weighted by Gasteiger charge is -2.36. The molecule has 0 aliphatic carbocycles. The summed E-state index contributed by atoms with van der Waals surface area (Å²) in [5.74, 6) is -0.206. The van der Waals surface area contributed by atoms with Gasteiger partial charge in [0, 0.05) is 6.42 Å². The van der Waals surface area contributed by atoms with Gasteiger partial charge in [-0.25, -0.2) is 0 Å². The van der Waals surface area contributed by atoms with E-state index in [0.717, 1.165) is 11.1 Å². The van der Waals surface area contributed by atoms with E-state index in [0.29, 0.717) is 25.7 Å². The van der Waals surface area contributed by atoms with E-state index in [4.69, 9.17) is 4.74 Å². The Labute approximate surface area is 152 Å². The summed E-state index contributed by atoms with van der Waals surface area (Å²) in [4.78, 5) is 23.9. The molecule has 26 heavy (non-hydrogen) atoms. The zero-order valence-corrected chi connectivity index (χ0v) is 14.5. The highest BCUT2D eigenvalue weighted by atomic mass is 16.6.